The molecule has 3 nitrogen and oxygen atoms in total. The highest BCUT2D eigenvalue weighted by Crippen LogP contribution is 2.23. The minimum atomic E-state index is -0.230. The highest BCUT2D eigenvalue weighted by Gasteiger charge is 2.09. The van der Waals surface area contributed by atoms with E-state index in [1.807, 2.05) is 36.4 Å². The highest BCUT2D eigenvalue weighted by molar-refractivity contribution is 5.94. The predicted molar refractivity (Wildman–Crippen MR) is 62.4 cm³/mol. The van der Waals surface area contributed by atoms with Gasteiger partial charge >= 0.3 is 0 Å². The Morgan fingerprint density at radius 1 is 0.875 bits per heavy atom. The highest BCUT2D eigenvalue weighted by atomic mass is 16.1. The minimum absolute atomic E-state index is 0.230. The predicted octanol–water partition coefficient (Wildman–Crippen LogP) is 2.09. The molecule has 0 fully saturated rings. The third-order valence-corrected chi connectivity index (χ3v) is 2.60. The van der Waals surface area contributed by atoms with Gasteiger partial charge in [-0.2, -0.15) is 4.98 Å². The summed E-state index contributed by atoms with van der Waals surface area (Å²) in [6.45, 7) is 0. The van der Waals surface area contributed by atoms with Crippen molar-refractivity contribution in [1.82, 2.24) is 9.97 Å². The van der Waals surface area contributed by atoms with Gasteiger partial charge in [0.05, 0.1) is 11.3 Å². The first-order chi connectivity index (χ1) is 7.86. The molecule has 0 atom stereocenters. The lowest BCUT2D eigenvalue weighted by Crippen LogP contribution is -2.09. The summed E-state index contributed by atoms with van der Waals surface area (Å²) in [5.74, 6) is 0. The van der Waals surface area contributed by atoms with Crippen molar-refractivity contribution in [3.63, 3.8) is 0 Å². The maximum absolute atomic E-state index is 11.6. The van der Waals surface area contributed by atoms with Gasteiger partial charge in [0.15, 0.2) is 0 Å². The Balaban J connectivity index is 2.59. The second kappa shape index (κ2) is 3.38. The molecule has 0 bridgehead atoms. The number of nitrogens with zero attached hydrogens (tertiary/aromatic N) is 2. The largest absolute Gasteiger partial charge is 0.280 e. The third kappa shape index (κ3) is 1.26. The van der Waals surface area contributed by atoms with E-state index in [1.54, 1.807) is 6.07 Å². The molecule has 0 radical (unpaired) electrons. The van der Waals surface area contributed by atoms with Crippen LogP contribution in [0.3, 0.4) is 0 Å². The van der Waals surface area contributed by atoms with Crippen LogP contribution in [0, 0.1) is 0 Å². The topological polar surface area (TPSA) is 42.9 Å². The van der Waals surface area contributed by atoms with Crippen molar-refractivity contribution >= 4 is 10.8 Å². The van der Waals surface area contributed by atoms with Gasteiger partial charge in [-0.3, -0.25) is 4.79 Å². The van der Waals surface area contributed by atoms with Gasteiger partial charge in [-0.1, -0.05) is 36.4 Å². The summed E-state index contributed by atoms with van der Waals surface area (Å²) in [5, 5.41) is 2.04. The Labute approximate surface area is 91.8 Å². The van der Waals surface area contributed by atoms with Crippen molar-refractivity contribution in [2.45, 2.75) is 0 Å². The van der Waals surface area contributed by atoms with Gasteiger partial charge in [0.1, 0.15) is 6.33 Å². The molecule has 0 unspecified atom stereocenters. The molecule has 1 aromatic rings. The van der Waals surface area contributed by atoms with Crippen LogP contribution < -0.4 is 5.56 Å². The molecule has 0 spiro atoms. The average Bonchev–Trinajstić information content (AvgIpc) is 2.50. The monoisotopic (exact) mass is 208 g/mol. The number of hydrogen-bond donors (Lipinski definition) is 0. The molecular formula is C13H8N2O. The van der Waals surface area contributed by atoms with Crippen molar-refractivity contribution in [1.29, 1.82) is 0 Å². The van der Waals surface area contributed by atoms with Crippen LogP contribution in [0.15, 0.2) is 53.6 Å². The van der Waals surface area contributed by atoms with Crippen LogP contribution in [-0.2, 0) is 0 Å². The van der Waals surface area contributed by atoms with Crippen molar-refractivity contribution < 1.29 is 0 Å². The van der Waals surface area contributed by atoms with Crippen LogP contribution in [0.1, 0.15) is 0 Å². The molecule has 3 heteroatoms. The van der Waals surface area contributed by atoms with E-state index in [1.165, 1.54) is 6.33 Å². The van der Waals surface area contributed by atoms with Crippen molar-refractivity contribution in [3.05, 3.63) is 59.1 Å². The quantitative estimate of drug-likeness (QED) is 0.568. The number of hydrogen-bond acceptors (Lipinski definition) is 3. The number of fused-ring (bicyclic) bond motifs is 3. The molecule has 1 aliphatic heterocycles. The summed E-state index contributed by atoms with van der Waals surface area (Å²) in [6.07, 6.45) is 1.32. The van der Waals surface area contributed by atoms with Gasteiger partial charge in [0.25, 0.3) is 5.56 Å². The van der Waals surface area contributed by atoms with Crippen molar-refractivity contribution in [2.75, 3.05) is 0 Å². The van der Waals surface area contributed by atoms with Crippen molar-refractivity contribution in [2.24, 2.45) is 0 Å². The standard InChI is InChI=1S/C13H8N2O/c16-13-11-7-3-5-9-4-1-2-6-10(9)12(11)14-8-15-13/h1-8H. The van der Waals surface area contributed by atoms with E-state index in [0.29, 0.717) is 11.3 Å². The Kier molecular flexibility index (Phi) is 1.90. The molecule has 0 amide bonds. The van der Waals surface area contributed by atoms with E-state index < -0.39 is 0 Å². The molecule has 1 aromatic carbocycles. The van der Waals surface area contributed by atoms with E-state index in [-0.39, 0.29) is 5.56 Å². The first kappa shape index (κ1) is 8.97. The summed E-state index contributed by atoms with van der Waals surface area (Å²) in [4.78, 5) is 19.5. The Bertz CT molecular complexity index is 694. The van der Waals surface area contributed by atoms with E-state index in [2.05, 4.69) is 9.97 Å². The van der Waals surface area contributed by atoms with Crippen LogP contribution in [-0.4, -0.2) is 9.97 Å². The summed E-state index contributed by atoms with van der Waals surface area (Å²) in [6, 6.07) is 13.5. The van der Waals surface area contributed by atoms with E-state index in [9.17, 15) is 4.79 Å². The van der Waals surface area contributed by atoms with Gasteiger partial charge in [-0.25, -0.2) is 4.98 Å². The number of benzene rings is 1. The van der Waals surface area contributed by atoms with Crippen LogP contribution in [0.25, 0.3) is 22.0 Å². The molecule has 1 heterocycles. The molecule has 2 aliphatic rings. The lowest BCUT2D eigenvalue weighted by molar-refractivity contribution is 1.13. The number of aromatic nitrogens is 2. The molecular weight excluding hydrogens is 200 g/mol. The van der Waals surface area contributed by atoms with Crippen LogP contribution >= 0.6 is 0 Å². The first-order valence-corrected chi connectivity index (χ1v) is 4.99. The zero-order chi connectivity index (χ0) is 11.0. The van der Waals surface area contributed by atoms with Gasteiger partial charge < -0.3 is 0 Å². The molecule has 0 saturated heterocycles. The smallest absolute Gasteiger partial charge is 0.267 e. The molecule has 76 valence electrons. The van der Waals surface area contributed by atoms with Crippen LogP contribution in [0.4, 0.5) is 0 Å². The molecule has 0 saturated carbocycles. The Morgan fingerprint density at radius 3 is 2.62 bits per heavy atom. The third-order valence-electron chi connectivity index (χ3n) is 2.60. The van der Waals surface area contributed by atoms with E-state index in [0.717, 1.165) is 10.8 Å². The minimum Gasteiger partial charge on any atom is -0.267 e. The van der Waals surface area contributed by atoms with Crippen molar-refractivity contribution in [3.8, 4) is 11.3 Å². The van der Waals surface area contributed by atoms with Crippen LogP contribution in [0.5, 0.6) is 0 Å². The van der Waals surface area contributed by atoms with E-state index in [4.69, 9.17) is 0 Å². The summed E-state index contributed by atoms with van der Waals surface area (Å²) in [7, 11) is 0. The molecule has 0 aromatic heterocycles. The SMILES string of the molecule is O=c1ncnc2c3ccccc3cccc1-2. The van der Waals surface area contributed by atoms with Gasteiger partial charge in [-0.15, -0.1) is 0 Å². The lowest BCUT2D eigenvalue weighted by atomic mass is 10.1. The molecule has 16 heavy (non-hydrogen) atoms. The lowest BCUT2D eigenvalue weighted by Gasteiger charge is -1.99. The maximum atomic E-state index is 11.6. The normalized spacial score (nSPS) is 10.8. The molecule has 1 aliphatic carbocycles. The molecule has 3 rings (SSSR count). The van der Waals surface area contributed by atoms with Gasteiger partial charge in [0.2, 0.25) is 0 Å². The second-order valence-electron chi connectivity index (χ2n) is 3.55. The summed E-state index contributed by atoms with van der Waals surface area (Å²) >= 11 is 0. The summed E-state index contributed by atoms with van der Waals surface area (Å²) in [5.41, 5.74) is 1.04. The Morgan fingerprint density at radius 2 is 1.69 bits per heavy atom. The molecule has 0 N–H and O–H groups in total. The zero-order valence-electron chi connectivity index (χ0n) is 8.42. The zero-order valence-corrected chi connectivity index (χ0v) is 8.42. The van der Waals surface area contributed by atoms with E-state index >= 15 is 0 Å². The fourth-order valence-electron chi connectivity index (χ4n) is 1.85. The first-order valence-electron chi connectivity index (χ1n) is 4.99. The summed E-state index contributed by atoms with van der Waals surface area (Å²) < 4.78 is 0. The fraction of sp³-hybridized carbons (Fsp3) is 0. The maximum Gasteiger partial charge on any atom is 0.280 e. The van der Waals surface area contributed by atoms with Crippen LogP contribution in [0.2, 0.25) is 0 Å². The number of rotatable bonds is 0. The van der Waals surface area contributed by atoms with Gasteiger partial charge in [0, 0.05) is 5.39 Å². The Hall–Kier alpha value is -2.29. The second-order valence-corrected chi connectivity index (χ2v) is 3.55. The average molecular weight is 208 g/mol. The van der Waals surface area contributed by atoms with Gasteiger partial charge in [-0.05, 0) is 11.5 Å². The fourth-order valence-corrected chi connectivity index (χ4v) is 1.85.